The standard InChI is InChI=1S/C15H19ClN6/c1-10-13(14(17)20-15(18)19-10)22-8-6-21(7-9-22)12-4-2-11(16)3-5-12/h2-5H,6-9H2,1H3,(H4,17,18,19,20). The summed E-state index contributed by atoms with van der Waals surface area (Å²) in [6.45, 7) is 5.45. The molecule has 0 saturated carbocycles. The van der Waals surface area contributed by atoms with E-state index in [0.29, 0.717) is 5.82 Å². The van der Waals surface area contributed by atoms with Crippen molar-refractivity contribution in [1.29, 1.82) is 0 Å². The number of nitrogens with two attached hydrogens (primary N) is 2. The smallest absolute Gasteiger partial charge is 0.222 e. The second-order valence-electron chi connectivity index (χ2n) is 5.35. The van der Waals surface area contributed by atoms with E-state index in [4.69, 9.17) is 23.1 Å². The fourth-order valence-corrected chi connectivity index (χ4v) is 2.97. The summed E-state index contributed by atoms with van der Waals surface area (Å²) >= 11 is 5.94. The molecule has 4 N–H and O–H groups in total. The van der Waals surface area contributed by atoms with Crippen LogP contribution in [0.2, 0.25) is 5.02 Å². The van der Waals surface area contributed by atoms with E-state index in [1.165, 1.54) is 5.69 Å². The zero-order chi connectivity index (χ0) is 15.7. The number of rotatable bonds is 2. The van der Waals surface area contributed by atoms with E-state index in [1.807, 2.05) is 31.2 Å². The molecular weight excluding hydrogens is 300 g/mol. The summed E-state index contributed by atoms with van der Waals surface area (Å²) in [4.78, 5) is 12.8. The van der Waals surface area contributed by atoms with Gasteiger partial charge in [0.2, 0.25) is 5.95 Å². The molecule has 1 fully saturated rings. The van der Waals surface area contributed by atoms with Gasteiger partial charge < -0.3 is 21.3 Å². The molecule has 0 radical (unpaired) electrons. The number of nitrogens with zero attached hydrogens (tertiary/aromatic N) is 4. The third-order valence-corrected chi connectivity index (χ3v) is 4.14. The minimum absolute atomic E-state index is 0.221. The summed E-state index contributed by atoms with van der Waals surface area (Å²) in [5.74, 6) is 0.670. The number of anilines is 4. The van der Waals surface area contributed by atoms with Gasteiger partial charge in [0, 0.05) is 36.9 Å². The first-order valence-electron chi connectivity index (χ1n) is 7.19. The average molecular weight is 319 g/mol. The molecule has 1 aromatic heterocycles. The van der Waals surface area contributed by atoms with E-state index in [-0.39, 0.29) is 5.95 Å². The summed E-state index contributed by atoms with van der Waals surface area (Å²) in [5.41, 5.74) is 14.5. The van der Waals surface area contributed by atoms with E-state index < -0.39 is 0 Å². The molecule has 0 unspecified atom stereocenters. The van der Waals surface area contributed by atoms with E-state index in [1.54, 1.807) is 0 Å². The lowest BCUT2D eigenvalue weighted by molar-refractivity contribution is 0.651. The monoisotopic (exact) mass is 318 g/mol. The molecule has 6 nitrogen and oxygen atoms in total. The summed E-state index contributed by atoms with van der Waals surface area (Å²) in [5, 5.41) is 0.754. The second kappa shape index (κ2) is 5.88. The van der Waals surface area contributed by atoms with Crippen LogP contribution in [-0.2, 0) is 0 Å². The maximum absolute atomic E-state index is 6.01. The zero-order valence-corrected chi connectivity index (χ0v) is 13.2. The van der Waals surface area contributed by atoms with Crippen LogP contribution in [0, 0.1) is 6.92 Å². The topological polar surface area (TPSA) is 84.3 Å². The Bertz CT molecular complexity index is 641. The Morgan fingerprint density at radius 3 is 2.14 bits per heavy atom. The van der Waals surface area contributed by atoms with Crippen LogP contribution in [0.5, 0.6) is 0 Å². The molecule has 2 heterocycles. The number of halogens is 1. The van der Waals surface area contributed by atoms with Crippen LogP contribution in [-0.4, -0.2) is 36.1 Å². The fourth-order valence-electron chi connectivity index (χ4n) is 2.84. The lowest BCUT2D eigenvalue weighted by atomic mass is 10.2. The van der Waals surface area contributed by atoms with Crippen LogP contribution < -0.4 is 21.3 Å². The van der Waals surface area contributed by atoms with Crippen molar-refractivity contribution in [3.05, 3.63) is 35.0 Å². The predicted molar refractivity (Wildman–Crippen MR) is 91.5 cm³/mol. The maximum Gasteiger partial charge on any atom is 0.222 e. The molecule has 0 amide bonds. The normalized spacial score (nSPS) is 15.2. The first-order chi connectivity index (χ1) is 10.5. The van der Waals surface area contributed by atoms with E-state index in [2.05, 4.69) is 19.8 Å². The van der Waals surface area contributed by atoms with Crippen LogP contribution in [0.1, 0.15) is 5.69 Å². The van der Waals surface area contributed by atoms with E-state index in [9.17, 15) is 0 Å². The Kier molecular flexibility index (Phi) is 3.94. The van der Waals surface area contributed by atoms with Gasteiger partial charge in [-0.3, -0.25) is 0 Å². The van der Waals surface area contributed by atoms with Gasteiger partial charge in [-0.05, 0) is 31.2 Å². The highest BCUT2D eigenvalue weighted by molar-refractivity contribution is 6.30. The SMILES string of the molecule is Cc1nc(N)nc(N)c1N1CCN(c2ccc(Cl)cc2)CC1. The molecule has 2 aromatic rings. The largest absolute Gasteiger partial charge is 0.382 e. The van der Waals surface area contributed by atoms with Crippen LogP contribution in [0.25, 0.3) is 0 Å². The van der Waals surface area contributed by atoms with Crippen molar-refractivity contribution in [2.24, 2.45) is 0 Å². The minimum atomic E-state index is 0.221. The minimum Gasteiger partial charge on any atom is -0.382 e. The zero-order valence-electron chi connectivity index (χ0n) is 12.5. The number of hydrogen-bond donors (Lipinski definition) is 2. The molecule has 0 spiro atoms. The number of aromatic nitrogens is 2. The highest BCUT2D eigenvalue weighted by Crippen LogP contribution is 2.27. The summed E-state index contributed by atoms with van der Waals surface area (Å²) in [6, 6.07) is 7.92. The van der Waals surface area contributed by atoms with Gasteiger partial charge in [0.15, 0.2) is 5.82 Å². The molecule has 3 rings (SSSR count). The van der Waals surface area contributed by atoms with Gasteiger partial charge in [-0.15, -0.1) is 0 Å². The van der Waals surface area contributed by atoms with Crippen molar-refractivity contribution >= 4 is 34.7 Å². The highest BCUT2D eigenvalue weighted by Gasteiger charge is 2.21. The first kappa shape index (κ1) is 14.7. The van der Waals surface area contributed by atoms with Gasteiger partial charge in [0.1, 0.15) is 5.69 Å². The van der Waals surface area contributed by atoms with Crippen molar-refractivity contribution in [2.45, 2.75) is 6.92 Å². The van der Waals surface area contributed by atoms with Crippen LogP contribution in [0.15, 0.2) is 24.3 Å². The summed E-state index contributed by atoms with van der Waals surface area (Å²) in [7, 11) is 0. The third kappa shape index (κ3) is 2.87. The highest BCUT2D eigenvalue weighted by atomic mass is 35.5. The Balaban J connectivity index is 1.73. The van der Waals surface area contributed by atoms with Gasteiger partial charge >= 0.3 is 0 Å². The van der Waals surface area contributed by atoms with Gasteiger partial charge in [0.25, 0.3) is 0 Å². The van der Waals surface area contributed by atoms with E-state index >= 15 is 0 Å². The van der Waals surface area contributed by atoms with Crippen molar-refractivity contribution in [1.82, 2.24) is 9.97 Å². The van der Waals surface area contributed by atoms with Gasteiger partial charge in [0.05, 0.1) is 5.69 Å². The van der Waals surface area contributed by atoms with Crippen molar-refractivity contribution in [3.63, 3.8) is 0 Å². The molecule has 0 aliphatic carbocycles. The van der Waals surface area contributed by atoms with Crippen LogP contribution >= 0.6 is 11.6 Å². The summed E-state index contributed by atoms with van der Waals surface area (Å²) in [6.07, 6.45) is 0. The molecule has 0 atom stereocenters. The van der Waals surface area contributed by atoms with Gasteiger partial charge in [-0.25, -0.2) is 4.98 Å². The third-order valence-electron chi connectivity index (χ3n) is 3.89. The lowest BCUT2D eigenvalue weighted by Crippen LogP contribution is -2.47. The number of nitrogen functional groups attached to an aromatic ring is 2. The van der Waals surface area contributed by atoms with Crippen LogP contribution in [0.4, 0.5) is 23.1 Å². The fraction of sp³-hybridized carbons (Fsp3) is 0.333. The predicted octanol–water partition coefficient (Wildman–Crippen LogP) is 1.93. The Hall–Kier alpha value is -2.21. The van der Waals surface area contributed by atoms with Gasteiger partial charge in [-0.2, -0.15) is 4.98 Å². The van der Waals surface area contributed by atoms with Crippen molar-refractivity contribution < 1.29 is 0 Å². The number of hydrogen-bond acceptors (Lipinski definition) is 6. The van der Waals surface area contributed by atoms with E-state index in [0.717, 1.165) is 42.6 Å². The molecule has 1 aliphatic rings. The number of aryl methyl sites for hydroxylation is 1. The molecule has 116 valence electrons. The maximum atomic E-state index is 6.01. The molecule has 22 heavy (non-hydrogen) atoms. The molecule has 1 aliphatic heterocycles. The van der Waals surface area contributed by atoms with Crippen LogP contribution in [0.3, 0.4) is 0 Å². The molecule has 0 bridgehead atoms. The Morgan fingerprint density at radius 1 is 0.955 bits per heavy atom. The lowest BCUT2D eigenvalue weighted by Gasteiger charge is -2.38. The molecular formula is C15H19ClN6. The number of benzene rings is 1. The molecule has 7 heteroatoms. The number of piperazine rings is 1. The Labute approximate surface area is 134 Å². The summed E-state index contributed by atoms with van der Waals surface area (Å²) < 4.78 is 0. The van der Waals surface area contributed by atoms with Crippen molar-refractivity contribution in [3.8, 4) is 0 Å². The van der Waals surface area contributed by atoms with Crippen molar-refractivity contribution in [2.75, 3.05) is 47.4 Å². The molecule has 1 aromatic carbocycles. The first-order valence-corrected chi connectivity index (χ1v) is 7.57. The second-order valence-corrected chi connectivity index (χ2v) is 5.79. The Morgan fingerprint density at radius 2 is 1.55 bits per heavy atom. The average Bonchev–Trinajstić information content (AvgIpc) is 2.48. The molecule has 1 saturated heterocycles. The van der Waals surface area contributed by atoms with Gasteiger partial charge in [-0.1, -0.05) is 11.6 Å². The quantitative estimate of drug-likeness (QED) is 0.880.